The molecule has 0 saturated carbocycles. The van der Waals surface area contributed by atoms with Gasteiger partial charge in [-0.05, 0) is 0 Å². The van der Waals surface area contributed by atoms with E-state index in [1.807, 2.05) is 48.5 Å². The summed E-state index contributed by atoms with van der Waals surface area (Å²) in [5.41, 5.74) is 1.50. The van der Waals surface area contributed by atoms with Crippen molar-refractivity contribution >= 4 is 52.0 Å². The molecule has 0 heterocycles. The van der Waals surface area contributed by atoms with E-state index < -0.39 is 18.2 Å². The number of hydrogen-bond donors (Lipinski definition) is 0. The molecule has 0 bridgehead atoms. The minimum atomic E-state index is -0.646. The average molecular weight is 442 g/mol. The fourth-order valence-electron chi connectivity index (χ4n) is 2.85. The third-order valence-corrected chi connectivity index (χ3v) is 5.33. The maximum atomic E-state index is 12.7. The van der Waals surface area contributed by atoms with Gasteiger partial charge < -0.3 is 4.90 Å². The molecule has 0 fully saturated rings. The Morgan fingerprint density at radius 2 is 1.27 bits per heavy atom. The van der Waals surface area contributed by atoms with Gasteiger partial charge in [-0.25, -0.2) is 0 Å². The molecule has 0 unspecified atom stereocenters. The van der Waals surface area contributed by atoms with Crippen molar-refractivity contribution in [1.29, 1.82) is 0 Å². The van der Waals surface area contributed by atoms with E-state index >= 15 is 0 Å². The summed E-state index contributed by atoms with van der Waals surface area (Å²) in [5, 5.41) is 2.18. The SMILES string of the molecule is CC(=O)N(C(=O)CC(=O)CN(C)C(=S)c1ccccc1)N(C)C(=S)c1ccccc1. The molecular formula is C22H23N3O3S2. The van der Waals surface area contributed by atoms with Crippen LogP contribution in [0.2, 0.25) is 0 Å². The van der Waals surface area contributed by atoms with E-state index in [1.54, 1.807) is 24.1 Å². The summed E-state index contributed by atoms with van der Waals surface area (Å²) in [4.78, 5) is 39.7. The van der Waals surface area contributed by atoms with Crippen LogP contribution in [0.15, 0.2) is 60.7 Å². The Hall–Kier alpha value is -2.97. The van der Waals surface area contributed by atoms with Crippen molar-refractivity contribution in [2.75, 3.05) is 20.6 Å². The normalized spacial score (nSPS) is 10.1. The van der Waals surface area contributed by atoms with Crippen molar-refractivity contribution in [3.8, 4) is 0 Å². The topological polar surface area (TPSA) is 60.9 Å². The number of Topliss-reactive ketones (excluding diaryl/α,β-unsaturated/α-hetero) is 1. The maximum absolute atomic E-state index is 12.7. The molecule has 0 aliphatic rings. The molecule has 0 atom stereocenters. The number of carbonyl (C=O) groups excluding carboxylic acids is 3. The zero-order chi connectivity index (χ0) is 22.3. The Balaban J connectivity index is 2.03. The number of likely N-dealkylation sites (N-methyl/N-ethyl adjacent to an activating group) is 1. The fraction of sp³-hybridized carbons (Fsp3) is 0.227. The maximum Gasteiger partial charge on any atom is 0.255 e. The van der Waals surface area contributed by atoms with Crippen LogP contribution in [0.5, 0.6) is 0 Å². The fourth-order valence-corrected chi connectivity index (χ4v) is 3.27. The van der Waals surface area contributed by atoms with Gasteiger partial charge in [-0.1, -0.05) is 85.1 Å². The van der Waals surface area contributed by atoms with Gasteiger partial charge >= 0.3 is 0 Å². The van der Waals surface area contributed by atoms with Crippen molar-refractivity contribution in [3.05, 3.63) is 71.8 Å². The average Bonchev–Trinajstić information content (AvgIpc) is 2.73. The van der Waals surface area contributed by atoms with E-state index in [2.05, 4.69) is 0 Å². The molecular weight excluding hydrogens is 418 g/mol. The summed E-state index contributed by atoms with van der Waals surface area (Å²) in [6, 6.07) is 18.3. The summed E-state index contributed by atoms with van der Waals surface area (Å²) in [6.45, 7) is 1.21. The Labute approximate surface area is 187 Å². The number of ketones is 1. The highest BCUT2D eigenvalue weighted by molar-refractivity contribution is 7.80. The van der Waals surface area contributed by atoms with Gasteiger partial charge in [0.05, 0.1) is 13.0 Å². The first-order chi connectivity index (χ1) is 14.2. The molecule has 0 radical (unpaired) electrons. The molecule has 156 valence electrons. The monoisotopic (exact) mass is 441 g/mol. The van der Waals surface area contributed by atoms with Crippen molar-refractivity contribution in [3.63, 3.8) is 0 Å². The van der Waals surface area contributed by atoms with Crippen molar-refractivity contribution in [2.45, 2.75) is 13.3 Å². The number of amides is 2. The molecule has 0 N–H and O–H groups in total. The standard InChI is InChI=1S/C22H23N3O3S2/c1-16(26)25(24(3)22(30)18-12-8-5-9-13-18)20(28)14-19(27)15-23(2)21(29)17-10-6-4-7-11-17/h4-13H,14-15H2,1-3H3. The van der Waals surface area contributed by atoms with E-state index in [-0.39, 0.29) is 12.3 Å². The van der Waals surface area contributed by atoms with E-state index in [9.17, 15) is 14.4 Å². The van der Waals surface area contributed by atoms with Crippen LogP contribution in [0.4, 0.5) is 0 Å². The molecule has 0 aliphatic carbocycles. The smallest absolute Gasteiger partial charge is 0.255 e. The Morgan fingerprint density at radius 1 is 0.800 bits per heavy atom. The molecule has 6 nitrogen and oxygen atoms in total. The number of rotatable bonds is 6. The highest BCUT2D eigenvalue weighted by Crippen LogP contribution is 2.11. The summed E-state index contributed by atoms with van der Waals surface area (Å²) in [5.74, 6) is -1.53. The van der Waals surface area contributed by atoms with Gasteiger partial charge in [0, 0.05) is 32.1 Å². The van der Waals surface area contributed by atoms with Gasteiger partial charge in [0.25, 0.3) is 5.91 Å². The van der Waals surface area contributed by atoms with Crippen LogP contribution in [0.3, 0.4) is 0 Å². The van der Waals surface area contributed by atoms with Crippen LogP contribution in [-0.4, -0.2) is 63.1 Å². The molecule has 2 rings (SSSR count). The minimum Gasteiger partial charge on any atom is -0.358 e. The Bertz CT molecular complexity index is 949. The molecule has 2 aromatic carbocycles. The number of hydrogen-bond acceptors (Lipinski definition) is 5. The number of benzene rings is 2. The molecule has 0 aliphatic heterocycles. The molecule has 2 aromatic rings. The lowest BCUT2D eigenvalue weighted by atomic mass is 10.2. The highest BCUT2D eigenvalue weighted by Gasteiger charge is 2.27. The lowest BCUT2D eigenvalue weighted by Gasteiger charge is -2.31. The predicted octanol–water partition coefficient (Wildman–Crippen LogP) is 2.85. The number of hydrazine groups is 1. The molecule has 8 heteroatoms. The van der Waals surface area contributed by atoms with Gasteiger partial charge in [-0.3, -0.25) is 19.4 Å². The van der Waals surface area contributed by atoms with E-state index in [4.69, 9.17) is 24.4 Å². The Kier molecular flexibility index (Phi) is 8.32. The second-order valence-corrected chi connectivity index (χ2v) is 7.44. The molecule has 0 spiro atoms. The van der Waals surface area contributed by atoms with E-state index in [1.165, 1.54) is 19.0 Å². The van der Waals surface area contributed by atoms with Crippen molar-refractivity contribution in [2.24, 2.45) is 0 Å². The second kappa shape index (κ2) is 10.7. The van der Waals surface area contributed by atoms with Crippen LogP contribution in [0, 0.1) is 0 Å². The molecule has 30 heavy (non-hydrogen) atoms. The molecule has 2 amide bonds. The number of carbonyl (C=O) groups is 3. The quantitative estimate of drug-likeness (QED) is 0.388. The van der Waals surface area contributed by atoms with Crippen molar-refractivity contribution < 1.29 is 14.4 Å². The summed E-state index contributed by atoms with van der Waals surface area (Å²) in [7, 11) is 3.22. The van der Waals surface area contributed by atoms with Crippen LogP contribution < -0.4 is 0 Å². The second-order valence-electron chi connectivity index (χ2n) is 6.66. The van der Waals surface area contributed by atoms with Gasteiger partial charge in [-0.15, -0.1) is 0 Å². The van der Waals surface area contributed by atoms with Crippen LogP contribution in [0.25, 0.3) is 0 Å². The first-order valence-corrected chi connectivity index (χ1v) is 10.0. The predicted molar refractivity (Wildman–Crippen MR) is 124 cm³/mol. The molecule has 0 aromatic heterocycles. The number of nitrogens with zero attached hydrogens (tertiary/aromatic N) is 3. The van der Waals surface area contributed by atoms with Crippen LogP contribution in [0.1, 0.15) is 24.5 Å². The highest BCUT2D eigenvalue weighted by atomic mass is 32.1. The first kappa shape index (κ1) is 23.3. The van der Waals surface area contributed by atoms with Crippen LogP contribution in [-0.2, 0) is 14.4 Å². The zero-order valence-electron chi connectivity index (χ0n) is 17.1. The van der Waals surface area contributed by atoms with Gasteiger partial charge in [-0.2, -0.15) is 5.01 Å². The number of imide groups is 1. The molecule has 0 saturated heterocycles. The largest absolute Gasteiger partial charge is 0.358 e. The summed E-state index contributed by atoms with van der Waals surface area (Å²) in [6.07, 6.45) is -0.441. The summed E-state index contributed by atoms with van der Waals surface area (Å²) < 4.78 is 0. The lowest BCUT2D eigenvalue weighted by Crippen LogP contribution is -2.50. The van der Waals surface area contributed by atoms with E-state index in [0.717, 1.165) is 10.6 Å². The number of thiocarbonyl (C=S) groups is 2. The third-order valence-electron chi connectivity index (χ3n) is 4.28. The van der Waals surface area contributed by atoms with Gasteiger partial charge in [0.1, 0.15) is 9.98 Å². The minimum absolute atomic E-state index is 0.0436. The lowest BCUT2D eigenvalue weighted by molar-refractivity contribution is -0.155. The van der Waals surface area contributed by atoms with E-state index in [0.29, 0.717) is 15.5 Å². The third kappa shape index (κ3) is 6.01. The van der Waals surface area contributed by atoms with Crippen LogP contribution >= 0.6 is 24.4 Å². The Morgan fingerprint density at radius 3 is 1.73 bits per heavy atom. The van der Waals surface area contributed by atoms with Gasteiger partial charge in [0.2, 0.25) is 5.91 Å². The van der Waals surface area contributed by atoms with Crippen molar-refractivity contribution in [1.82, 2.24) is 14.9 Å². The summed E-state index contributed by atoms with van der Waals surface area (Å²) >= 11 is 10.8. The first-order valence-electron chi connectivity index (χ1n) is 9.21. The van der Waals surface area contributed by atoms with Gasteiger partial charge in [0.15, 0.2) is 5.78 Å². The zero-order valence-corrected chi connectivity index (χ0v) is 18.7.